The third kappa shape index (κ3) is 2.60. The van der Waals surface area contributed by atoms with E-state index < -0.39 is 0 Å². The van der Waals surface area contributed by atoms with Gasteiger partial charge >= 0.3 is 0 Å². The molecule has 102 valence electrons. The molecule has 0 radical (unpaired) electrons. The van der Waals surface area contributed by atoms with E-state index in [1.165, 1.54) is 55.6 Å². The monoisotopic (exact) mass is 258 g/mol. The Kier molecular flexibility index (Phi) is 3.72. The predicted molar refractivity (Wildman–Crippen MR) is 79.0 cm³/mol. The summed E-state index contributed by atoms with van der Waals surface area (Å²) in [6.07, 6.45) is 7.52. The number of fused-ring (bicyclic) bond motifs is 1. The van der Waals surface area contributed by atoms with Crippen molar-refractivity contribution in [2.24, 2.45) is 5.16 Å². The molecule has 0 aromatic heterocycles. The lowest BCUT2D eigenvalue weighted by Gasteiger charge is -2.23. The van der Waals surface area contributed by atoms with Crippen molar-refractivity contribution in [3.63, 3.8) is 0 Å². The van der Waals surface area contributed by atoms with Gasteiger partial charge in [-0.15, -0.1) is 0 Å². The van der Waals surface area contributed by atoms with Crippen LogP contribution in [0.5, 0.6) is 0 Å². The molecule has 3 heteroatoms. The zero-order valence-corrected chi connectivity index (χ0v) is 11.7. The minimum absolute atomic E-state index is 1.01. The van der Waals surface area contributed by atoms with Gasteiger partial charge in [-0.3, -0.25) is 0 Å². The van der Waals surface area contributed by atoms with E-state index in [2.05, 4.69) is 28.3 Å². The molecule has 0 bridgehead atoms. The lowest BCUT2D eigenvalue weighted by atomic mass is 10.1. The highest BCUT2D eigenvalue weighted by Gasteiger charge is 2.20. The molecule has 1 aromatic carbocycles. The number of hydrogen-bond acceptors (Lipinski definition) is 3. The molecule has 1 saturated heterocycles. The maximum atomic E-state index is 4.92. The van der Waals surface area contributed by atoms with Crippen molar-refractivity contribution < 1.29 is 4.84 Å². The van der Waals surface area contributed by atoms with E-state index in [1.54, 1.807) is 7.11 Å². The number of nitrogens with zero attached hydrogens (tertiary/aromatic N) is 2. The summed E-state index contributed by atoms with van der Waals surface area (Å²) in [4.78, 5) is 7.46. The van der Waals surface area contributed by atoms with Gasteiger partial charge in [0.25, 0.3) is 0 Å². The largest absolute Gasteiger partial charge is 0.399 e. The third-order valence-corrected chi connectivity index (χ3v) is 4.20. The van der Waals surface area contributed by atoms with Crippen LogP contribution in [0.2, 0.25) is 0 Å². The predicted octanol–water partition coefficient (Wildman–Crippen LogP) is 3.36. The van der Waals surface area contributed by atoms with E-state index in [-0.39, 0.29) is 0 Å². The van der Waals surface area contributed by atoms with Gasteiger partial charge in [0, 0.05) is 24.3 Å². The second-order valence-corrected chi connectivity index (χ2v) is 5.46. The molecule has 3 rings (SSSR count). The van der Waals surface area contributed by atoms with Crippen molar-refractivity contribution in [3.8, 4) is 0 Å². The minimum Gasteiger partial charge on any atom is -0.399 e. The molecule has 0 unspecified atom stereocenters. The molecule has 19 heavy (non-hydrogen) atoms. The van der Waals surface area contributed by atoms with E-state index in [0.717, 1.165) is 18.6 Å². The Morgan fingerprint density at radius 3 is 2.58 bits per heavy atom. The van der Waals surface area contributed by atoms with Crippen LogP contribution in [0.15, 0.2) is 23.4 Å². The van der Waals surface area contributed by atoms with Crippen LogP contribution in [0.1, 0.15) is 43.2 Å². The van der Waals surface area contributed by atoms with Crippen LogP contribution < -0.4 is 4.90 Å². The van der Waals surface area contributed by atoms with Crippen LogP contribution in [0.3, 0.4) is 0 Å². The summed E-state index contributed by atoms with van der Waals surface area (Å²) in [5.74, 6) is 0. The Morgan fingerprint density at radius 2 is 1.84 bits per heavy atom. The Labute approximate surface area is 115 Å². The number of anilines is 1. The number of oxime groups is 1. The zero-order valence-electron chi connectivity index (χ0n) is 11.7. The summed E-state index contributed by atoms with van der Waals surface area (Å²) in [7, 11) is 1.62. The summed E-state index contributed by atoms with van der Waals surface area (Å²) >= 11 is 0. The van der Waals surface area contributed by atoms with Crippen LogP contribution in [0, 0.1) is 0 Å². The quantitative estimate of drug-likeness (QED) is 0.760. The van der Waals surface area contributed by atoms with Gasteiger partial charge in [0.2, 0.25) is 0 Å². The minimum atomic E-state index is 1.01. The standard InChI is InChI=1S/C16H22N2O/c1-19-17-16-9-6-13-12-14(7-8-15(13)16)18-10-4-2-3-5-11-18/h7-8,12H,2-6,9-11H2,1H3. The van der Waals surface area contributed by atoms with E-state index in [4.69, 9.17) is 4.84 Å². The molecule has 1 aliphatic carbocycles. The fourth-order valence-corrected chi connectivity index (χ4v) is 3.19. The normalized spacial score (nSPS) is 21.3. The molecule has 0 atom stereocenters. The SMILES string of the molecule is CON=C1CCc2cc(N3CCCCCC3)ccc21. The fourth-order valence-electron chi connectivity index (χ4n) is 3.19. The van der Waals surface area contributed by atoms with E-state index in [9.17, 15) is 0 Å². The summed E-state index contributed by atoms with van der Waals surface area (Å²) in [6.45, 7) is 2.41. The Balaban J connectivity index is 1.84. The first-order chi connectivity index (χ1) is 9.38. The maximum Gasteiger partial charge on any atom is 0.106 e. The van der Waals surface area contributed by atoms with Crippen molar-refractivity contribution >= 4 is 11.4 Å². The summed E-state index contributed by atoms with van der Waals surface area (Å²) in [6, 6.07) is 6.83. The van der Waals surface area contributed by atoms with Crippen molar-refractivity contribution in [2.75, 3.05) is 25.1 Å². The van der Waals surface area contributed by atoms with Gasteiger partial charge in [-0.2, -0.15) is 0 Å². The van der Waals surface area contributed by atoms with Crippen molar-refractivity contribution in [2.45, 2.75) is 38.5 Å². The molecule has 1 fully saturated rings. The van der Waals surface area contributed by atoms with Gasteiger partial charge in [-0.05, 0) is 43.4 Å². The fraction of sp³-hybridized carbons (Fsp3) is 0.562. The Hall–Kier alpha value is -1.51. The molecule has 3 nitrogen and oxygen atoms in total. The first-order valence-corrected chi connectivity index (χ1v) is 7.37. The average molecular weight is 258 g/mol. The lowest BCUT2D eigenvalue weighted by Crippen LogP contribution is -2.23. The van der Waals surface area contributed by atoms with Crippen molar-refractivity contribution in [1.29, 1.82) is 0 Å². The van der Waals surface area contributed by atoms with Gasteiger partial charge in [0.05, 0.1) is 5.71 Å². The van der Waals surface area contributed by atoms with Crippen LogP contribution in [0.4, 0.5) is 5.69 Å². The van der Waals surface area contributed by atoms with E-state index in [1.807, 2.05) is 0 Å². The van der Waals surface area contributed by atoms with Gasteiger partial charge in [-0.25, -0.2) is 0 Å². The summed E-state index contributed by atoms with van der Waals surface area (Å²) in [5.41, 5.74) is 5.19. The van der Waals surface area contributed by atoms with Crippen molar-refractivity contribution in [3.05, 3.63) is 29.3 Å². The van der Waals surface area contributed by atoms with Crippen molar-refractivity contribution in [1.82, 2.24) is 0 Å². The highest BCUT2D eigenvalue weighted by atomic mass is 16.6. The molecular formula is C16H22N2O. The number of rotatable bonds is 2. The number of benzene rings is 1. The smallest absolute Gasteiger partial charge is 0.106 e. The van der Waals surface area contributed by atoms with Crippen LogP contribution in [0.25, 0.3) is 0 Å². The Bertz CT molecular complexity index is 474. The van der Waals surface area contributed by atoms with Gasteiger partial charge in [-0.1, -0.05) is 24.1 Å². The number of aryl methyl sites for hydroxylation is 1. The highest BCUT2D eigenvalue weighted by molar-refractivity contribution is 6.04. The third-order valence-electron chi connectivity index (χ3n) is 4.20. The molecule has 0 saturated carbocycles. The lowest BCUT2D eigenvalue weighted by molar-refractivity contribution is 0.213. The van der Waals surface area contributed by atoms with Crippen LogP contribution in [-0.2, 0) is 11.3 Å². The maximum absolute atomic E-state index is 4.92. The second-order valence-electron chi connectivity index (χ2n) is 5.46. The molecule has 0 amide bonds. The molecular weight excluding hydrogens is 236 g/mol. The average Bonchev–Trinajstić information content (AvgIpc) is 2.66. The first kappa shape index (κ1) is 12.5. The van der Waals surface area contributed by atoms with Crippen LogP contribution >= 0.6 is 0 Å². The topological polar surface area (TPSA) is 24.8 Å². The van der Waals surface area contributed by atoms with Crippen LogP contribution in [-0.4, -0.2) is 25.9 Å². The van der Waals surface area contributed by atoms with E-state index >= 15 is 0 Å². The molecule has 2 aliphatic rings. The van der Waals surface area contributed by atoms with Gasteiger partial charge in [0.1, 0.15) is 7.11 Å². The number of hydrogen-bond donors (Lipinski definition) is 0. The molecule has 0 N–H and O–H groups in total. The van der Waals surface area contributed by atoms with Gasteiger partial charge < -0.3 is 9.74 Å². The van der Waals surface area contributed by atoms with Gasteiger partial charge in [0.15, 0.2) is 0 Å². The molecule has 0 spiro atoms. The zero-order chi connectivity index (χ0) is 13.1. The Morgan fingerprint density at radius 1 is 1.05 bits per heavy atom. The molecule has 1 aromatic rings. The molecule has 1 heterocycles. The first-order valence-electron chi connectivity index (χ1n) is 7.37. The summed E-state index contributed by atoms with van der Waals surface area (Å²) < 4.78 is 0. The van der Waals surface area contributed by atoms with E-state index in [0.29, 0.717) is 0 Å². The second kappa shape index (κ2) is 5.64. The molecule has 1 aliphatic heterocycles. The summed E-state index contributed by atoms with van der Waals surface area (Å²) in [5, 5.41) is 4.13. The highest BCUT2D eigenvalue weighted by Crippen LogP contribution is 2.28.